The Bertz CT molecular complexity index is 65.9. The van der Waals surface area contributed by atoms with E-state index in [0.717, 1.165) is 6.42 Å². The smallest absolute Gasteiger partial charge is 0.157 e. The van der Waals surface area contributed by atoms with Crippen LogP contribution in [0.2, 0.25) is 0 Å². The van der Waals surface area contributed by atoms with Gasteiger partial charge in [-0.15, -0.1) is 0 Å². The molecule has 0 aromatic carbocycles. The van der Waals surface area contributed by atoms with Crippen molar-refractivity contribution in [2.75, 3.05) is 13.4 Å². The Kier molecular flexibility index (Phi) is 6.91. The molecular formula is C7H16O3. The van der Waals surface area contributed by atoms with Crippen LogP contribution in [-0.4, -0.2) is 24.8 Å². The normalized spacial score (nSPS) is 13.5. The summed E-state index contributed by atoms with van der Waals surface area (Å²) in [6.45, 7) is 4.76. The zero-order valence-electron chi connectivity index (χ0n) is 6.67. The van der Waals surface area contributed by atoms with Gasteiger partial charge >= 0.3 is 0 Å². The average Bonchev–Trinajstić information content (AvgIpc) is 1.98. The largest absolute Gasteiger partial charge is 0.368 e. The summed E-state index contributed by atoms with van der Waals surface area (Å²) in [5, 5.41) is 8.86. The van der Waals surface area contributed by atoms with E-state index in [1.807, 2.05) is 13.8 Å². The lowest BCUT2D eigenvalue weighted by molar-refractivity contribution is -0.169. The summed E-state index contributed by atoms with van der Waals surface area (Å²) in [7, 11) is 0. The van der Waals surface area contributed by atoms with Gasteiger partial charge in [0.2, 0.25) is 0 Å². The van der Waals surface area contributed by atoms with Crippen molar-refractivity contribution in [1.82, 2.24) is 0 Å². The molecule has 10 heavy (non-hydrogen) atoms. The zero-order valence-corrected chi connectivity index (χ0v) is 6.67. The van der Waals surface area contributed by atoms with E-state index < -0.39 is 6.29 Å². The molecule has 3 heteroatoms. The van der Waals surface area contributed by atoms with Crippen LogP contribution in [0.5, 0.6) is 0 Å². The molecule has 0 saturated heterocycles. The fourth-order valence-corrected chi connectivity index (χ4v) is 0.448. The van der Waals surface area contributed by atoms with E-state index in [1.165, 1.54) is 0 Å². The maximum absolute atomic E-state index is 8.86. The first-order chi connectivity index (χ1) is 4.81. The molecule has 0 rings (SSSR count). The van der Waals surface area contributed by atoms with Crippen LogP contribution in [0.1, 0.15) is 26.7 Å². The molecule has 0 heterocycles. The molecule has 0 aliphatic heterocycles. The highest BCUT2D eigenvalue weighted by molar-refractivity contribution is 4.29. The van der Waals surface area contributed by atoms with E-state index in [9.17, 15) is 0 Å². The second-order valence-electron chi connectivity index (χ2n) is 2.06. The summed E-state index contributed by atoms with van der Waals surface area (Å²) in [6, 6.07) is 0. The summed E-state index contributed by atoms with van der Waals surface area (Å²) in [4.78, 5) is 0. The second kappa shape index (κ2) is 6.99. The molecule has 0 aromatic heterocycles. The van der Waals surface area contributed by atoms with Crippen LogP contribution in [0.4, 0.5) is 0 Å². The van der Waals surface area contributed by atoms with E-state index in [2.05, 4.69) is 0 Å². The number of hydrogen-bond donors (Lipinski definition) is 1. The third-order valence-corrected chi connectivity index (χ3v) is 1.04. The number of ether oxygens (including phenoxy) is 2. The van der Waals surface area contributed by atoms with Gasteiger partial charge in [0.15, 0.2) is 6.29 Å². The highest BCUT2D eigenvalue weighted by Gasteiger charge is 1.97. The van der Waals surface area contributed by atoms with Crippen LogP contribution >= 0.6 is 0 Å². The Balaban J connectivity index is 2.89. The molecule has 0 aliphatic rings. The Labute approximate surface area is 62.0 Å². The van der Waals surface area contributed by atoms with E-state index in [-0.39, 0.29) is 6.79 Å². The molecule has 0 aliphatic carbocycles. The third-order valence-electron chi connectivity index (χ3n) is 1.04. The molecule has 0 bridgehead atoms. The highest BCUT2D eigenvalue weighted by atomic mass is 16.7. The lowest BCUT2D eigenvalue weighted by atomic mass is 10.5. The Morgan fingerprint density at radius 2 is 2.10 bits per heavy atom. The molecular weight excluding hydrogens is 132 g/mol. The lowest BCUT2D eigenvalue weighted by Gasteiger charge is -2.08. The van der Waals surface area contributed by atoms with Crippen molar-refractivity contribution in [2.24, 2.45) is 0 Å². The second-order valence-corrected chi connectivity index (χ2v) is 2.06. The van der Waals surface area contributed by atoms with Crippen molar-refractivity contribution in [3.8, 4) is 0 Å². The molecule has 0 saturated carbocycles. The van der Waals surface area contributed by atoms with Crippen LogP contribution in [0.3, 0.4) is 0 Å². The number of hydrogen-bond acceptors (Lipinski definition) is 3. The molecule has 0 aromatic rings. The van der Waals surface area contributed by atoms with Gasteiger partial charge in [-0.05, 0) is 12.8 Å². The molecule has 62 valence electrons. The molecule has 0 radical (unpaired) electrons. The minimum Gasteiger partial charge on any atom is -0.368 e. The van der Waals surface area contributed by atoms with Gasteiger partial charge in [0, 0.05) is 6.61 Å². The van der Waals surface area contributed by atoms with Crippen molar-refractivity contribution in [2.45, 2.75) is 33.0 Å². The molecule has 0 fully saturated rings. The van der Waals surface area contributed by atoms with Gasteiger partial charge in [0.25, 0.3) is 0 Å². The molecule has 1 N–H and O–H groups in total. The molecule has 1 atom stereocenters. The van der Waals surface area contributed by atoms with Crippen LogP contribution in [-0.2, 0) is 9.47 Å². The predicted molar refractivity (Wildman–Crippen MR) is 38.5 cm³/mol. The van der Waals surface area contributed by atoms with E-state index >= 15 is 0 Å². The summed E-state index contributed by atoms with van der Waals surface area (Å²) in [5.41, 5.74) is 0. The number of rotatable bonds is 6. The monoisotopic (exact) mass is 148 g/mol. The average molecular weight is 148 g/mol. The molecule has 0 spiro atoms. The first kappa shape index (κ1) is 9.88. The fraction of sp³-hybridized carbons (Fsp3) is 1.00. The Morgan fingerprint density at radius 1 is 1.40 bits per heavy atom. The van der Waals surface area contributed by atoms with Gasteiger partial charge in [-0.2, -0.15) is 0 Å². The third kappa shape index (κ3) is 6.01. The quantitative estimate of drug-likeness (QED) is 0.453. The lowest BCUT2D eigenvalue weighted by Crippen LogP contribution is -2.13. The SMILES string of the molecule is CCCOCOC(O)CC. The van der Waals surface area contributed by atoms with Crippen LogP contribution in [0.25, 0.3) is 0 Å². The van der Waals surface area contributed by atoms with E-state index in [0.29, 0.717) is 13.0 Å². The van der Waals surface area contributed by atoms with Crippen molar-refractivity contribution < 1.29 is 14.6 Å². The molecule has 3 nitrogen and oxygen atoms in total. The van der Waals surface area contributed by atoms with Gasteiger partial charge in [-0.3, -0.25) is 0 Å². The summed E-state index contributed by atoms with van der Waals surface area (Å²) in [5.74, 6) is 0. The van der Waals surface area contributed by atoms with Crippen molar-refractivity contribution in [1.29, 1.82) is 0 Å². The standard InChI is InChI=1S/C7H16O3/c1-3-5-9-6-10-7(8)4-2/h7-8H,3-6H2,1-2H3. The molecule has 0 amide bonds. The van der Waals surface area contributed by atoms with Gasteiger partial charge in [-0.25, -0.2) is 0 Å². The zero-order chi connectivity index (χ0) is 7.82. The van der Waals surface area contributed by atoms with Gasteiger partial charge in [-0.1, -0.05) is 13.8 Å². The maximum Gasteiger partial charge on any atom is 0.157 e. The summed E-state index contributed by atoms with van der Waals surface area (Å²) < 4.78 is 9.80. The minimum absolute atomic E-state index is 0.197. The minimum atomic E-state index is -0.670. The topological polar surface area (TPSA) is 38.7 Å². The Morgan fingerprint density at radius 3 is 2.60 bits per heavy atom. The van der Waals surface area contributed by atoms with Crippen molar-refractivity contribution in [3.63, 3.8) is 0 Å². The molecule has 1 unspecified atom stereocenters. The van der Waals surface area contributed by atoms with Crippen molar-refractivity contribution in [3.05, 3.63) is 0 Å². The maximum atomic E-state index is 8.86. The highest BCUT2D eigenvalue weighted by Crippen LogP contribution is 1.92. The number of aliphatic hydroxyl groups is 1. The van der Waals surface area contributed by atoms with Crippen molar-refractivity contribution >= 4 is 0 Å². The van der Waals surface area contributed by atoms with Crippen LogP contribution in [0, 0.1) is 0 Å². The first-order valence-electron chi connectivity index (χ1n) is 3.68. The predicted octanol–water partition coefficient (Wildman–Crippen LogP) is 1.12. The fourth-order valence-electron chi connectivity index (χ4n) is 0.448. The van der Waals surface area contributed by atoms with Gasteiger partial charge in [0.1, 0.15) is 6.79 Å². The van der Waals surface area contributed by atoms with Gasteiger partial charge < -0.3 is 14.6 Å². The van der Waals surface area contributed by atoms with Crippen LogP contribution in [0.15, 0.2) is 0 Å². The first-order valence-corrected chi connectivity index (χ1v) is 3.68. The summed E-state index contributed by atoms with van der Waals surface area (Å²) in [6.07, 6.45) is 0.915. The van der Waals surface area contributed by atoms with E-state index in [1.54, 1.807) is 0 Å². The van der Waals surface area contributed by atoms with Crippen LogP contribution < -0.4 is 0 Å². The van der Waals surface area contributed by atoms with Gasteiger partial charge in [0.05, 0.1) is 0 Å². The van der Waals surface area contributed by atoms with E-state index in [4.69, 9.17) is 14.6 Å². The summed E-state index contributed by atoms with van der Waals surface area (Å²) >= 11 is 0. The Hall–Kier alpha value is -0.120. The number of aliphatic hydroxyl groups excluding tert-OH is 1.